The molecule has 3 rings (SSSR count). The lowest BCUT2D eigenvalue weighted by molar-refractivity contribution is -0.142. The average molecular weight is 304 g/mol. The predicted octanol–water partition coefficient (Wildman–Crippen LogP) is 2.67. The summed E-state index contributed by atoms with van der Waals surface area (Å²) in [5, 5.41) is 2.02. The minimum absolute atomic E-state index is 0.221. The Labute approximate surface area is 131 Å². The van der Waals surface area contributed by atoms with Crippen LogP contribution in [-0.4, -0.2) is 47.4 Å². The molecule has 5 heteroatoms. The Balaban J connectivity index is 1.60. The molecule has 1 aromatic rings. The second-order valence-corrected chi connectivity index (χ2v) is 7.07. The van der Waals surface area contributed by atoms with Gasteiger partial charge in [0.2, 0.25) is 0 Å². The number of ether oxygens (including phenoxy) is 1. The molecule has 22 heavy (non-hydrogen) atoms. The molecule has 2 saturated heterocycles. The van der Waals surface area contributed by atoms with E-state index in [1.165, 1.54) is 5.56 Å². The molecule has 0 spiro atoms. The Bertz CT molecular complexity index is 526. The highest BCUT2D eigenvalue weighted by molar-refractivity contribution is 5.68. The summed E-state index contributed by atoms with van der Waals surface area (Å²) in [4.78, 5) is 19.8. The van der Waals surface area contributed by atoms with Gasteiger partial charge in [-0.1, -0.05) is 30.3 Å². The van der Waals surface area contributed by atoms with Gasteiger partial charge in [0.1, 0.15) is 5.60 Å². The molecule has 2 aliphatic heterocycles. The number of likely N-dealkylation sites (tertiary alicyclic amines) is 1. The van der Waals surface area contributed by atoms with Gasteiger partial charge in [0.05, 0.1) is 12.6 Å². The lowest BCUT2D eigenvalue weighted by Crippen LogP contribution is -2.39. The smallest absolute Gasteiger partial charge is 0.410 e. The van der Waals surface area contributed by atoms with Crippen LogP contribution in [0.25, 0.3) is 0 Å². The van der Waals surface area contributed by atoms with Gasteiger partial charge in [-0.15, -0.1) is 0 Å². The third-order valence-corrected chi connectivity index (χ3v) is 4.06. The van der Waals surface area contributed by atoms with Crippen molar-refractivity contribution < 1.29 is 14.4 Å². The van der Waals surface area contributed by atoms with E-state index in [1.54, 1.807) is 4.90 Å². The maximum atomic E-state index is 12.2. The van der Waals surface area contributed by atoms with Gasteiger partial charge in [-0.2, -0.15) is 5.06 Å². The second-order valence-electron chi connectivity index (χ2n) is 7.07. The number of carbonyl (C=O) groups is 1. The summed E-state index contributed by atoms with van der Waals surface area (Å²) in [6.45, 7) is 8.50. The van der Waals surface area contributed by atoms with E-state index in [0.717, 1.165) is 6.54 Å². The van der Waals surface area contributed by atoms with E-state index in [-0.39, 0.29) is 12.1 Å². The molecule has 2 aliphatic rings. The fourth-order valence-electron chi connectivity index (χ4n) is 3.03. The largest absolute Gasteiger partial charge is 0.444 e. The first-order valence-electron chi connectivity index (χ1n) is 7.84. The summed E-state index contributed by atoms with van der Waals surface area (Å²) in [6, 6.07) is 10.5. The average Bonchev–Trinajstić information content (AvgIpc) is 3.00. The Kier molecular flexibility index (Phi) is 4.10. The number of benzene rings is 1. The SMILES string of the molecule is CC(C)(C)OC(=O)N1C[C@@H]2CON(Cc3ccccc3)[C@@H]2C1. The highest BCUT2D eigenvalue weighted by Gasteiger charge is 2.45. The van der Waals surface area contributed by atoms with Crippen LogP contribution in [-0.2, 0) is 16.1 Å². The molecule has 5 nitrogen and oxygen atoms in total. The summed E-state index contributed by atoms with van der Waals surface area (Å²) >= 11 is 0. The number of rotatable bonds is 2. The van der Waals surface area contributed by atoms with Crippen LogP contribution in [0, 0.1) is 5.92 Å². The van der Waals surface area contributed by atoms with Gasteiger partial charge in [-0.25, -0.2) is 4.79 Å². The van der Waals surface area contributed by atoms with Gasteiger partial charge in [0.15, 0.2) is 0 Å². The van der Waals surface area contributed by atoms with E-state index in [4.69, 9.17) is 9.57 Å². The fraction of sp³-hybridized carbons (Fsp3) is 0.588. The van der Waals surface area contributed by atoms with Crippen LogP contribution in [0.3, 0.4) is 0 Å². The molecule has 0 unspecified atom stereocenters. The molecule has 0 radical (unpaired) electrons. The van der Waals surface area contributed by atoms with Crippen molar-refractivity contribution >= 4 is 6.09 Å². The summed E-state index contributed by atoms with van der Waals surface area (Å²) in [5.41, 5.74) is 0.772. The van der Waals surface area contributed by atoms with Crippen molar-refractivity contribution in [2.45, 2.75) is 39.0 Å². The van der Waals surface area contributed by atoms with Crippen molar-refractivity contribution in [3.8, 4) is 0 Å². The van der Waals surface area contributed by atoms with E-state index in [1.807, 2.05) is 44.0 Å². The third-order valence-electron chi connectivity index (χ3n) is 4.06. The second kappa shape index (κ2) is 5.89. The van der Waals surface area contributed by atoms with Crippen LogP contribution in [0.5, 0.6) is 0 Å². The van der Waals surface area contributed by atoms with Gasteiger partial charge in [0.25, 0.3) is 0 Å². The van der Waals surface area contributed by atoms with Crippen molar-refractivity contribution in [3.63, 3.8) is 0 Å². The fourth-order valence-corrected chi connectivity index (χ4v) is 3.03. The first-order valence-corrected chi connectivity index (χ1v) is 7.84. The topological polar surface area (TPSA) is 42.0 Å². The van der Waals surface area contributed by atoms with Crippen LogP contribution in [0.1, 0.15) is 26.3 Å². The van der Waals surface area contributed by atoms with E-state index in [0.29, 0.717) is 25.6 Å². The Morgan fingerprint density at radius 1 is 1.27 bits per heavy atom. The standard InChI is InChI=1S/C17H24N2O3/c1-17(2,3)22-16(20)18-10-14-12-21-19(15(14)11-18)9-13-7-5-4-6-8-13/h4-8,14-15H,9-12H2,1-3H3/t14-,15-/m1/s1. The van der Waals surface area contributed by atoms with E-state index < -0.39 is 5.60 Å². The van der Waals surface area contributed by atoms with Gasteiger partial charge >= 0.3 is 6.09 Å². The Morgan fingerprint density at radius 3 is 2.68 bits per heavy atom. The van der Waals surface area contributed by atoms with Crippen LogP contribution < -0.4 is 0 Å². The minimum atomic E-state index is -0.449. The number of hydrogen-bond acceptors (Lipinski definition) is 4. The molecule has 2 heterocycles. The molecule has 1 amide bonds. The van der Waals surface area contributed by atoms with Crippen molar-refractivity contribution in [2.24, 2.45) is 5.92 Å². The zero-order chi connectivity index (χ0) is 15.7. The lowest BCUT2D eigenvalue weighted by atomic mass is 10.1. The normalized spacial score (nSPS) is 25.3. The molecule has 2 fully saturated rings. The minimum Gasteiger partial charge on any atom is -0.444 e. The van der Waals surface area contributed by atoms with Crippen molar-refractivity contribution in [3.05, 3.63) is 35.9 Å². The first kappa shape index (κ1) is 15.3. The van der Waals surface area contributed by atoms with Crippen molar-refractivity contribution in [1.82, 2.24) is 9.96 Å². The Morgan fingerprint density at radius 2 is 2.00 bits per heavy atom. The van der Waals surface area contributed by atoms with Crippen molar-refractivity contribution in [1.29, 1.82) is 0 Å². The van der Waals surface area contributed by atoms with Gasteiger partial charge in [-0.05, 0) is 26.3 Å². The van der Waals surface area contributed by atoms with Gasteiger partial charge in [-0.3, -0.25) is 4.84 Å². The number of amides is 1. The highest BCUT2D eigenvalue weighted by Crippen LogP contribution is 2.31. The monoisotopic (exact) mass is 304 g/mol. The molecule has 0 bridgehead atoms. The molecule has 0 aliphatic carbocycles. The van der Waals surface area contributed by atoms with Gasteiger partial charge in [0, 0.05) is 25.6 Å². The Hall–Kier alpha value is -1.59. The van der Waals surface area contributed by atoms with Crippen LogP contribution in [0.15, 0.2) is 30.3 Å². The quantitative estimate of drug-likeness (QED) is 0.842. The molecule has 0 saturated carbocycles. The molecule has 120 valence electrons. The highest BCUT2D eigenvalue weighted by atomic mass is 16.7. The van der Waals surface area contributed by atoms with Crippen molar-refractivity contribution in [2.75, 3.05) is 19.7 Å². The zero-order valence-corrected chi connectivity index (χ0v) is 13.5. The predicted molar refractivity (Wildman–Crippen MR) is 83.0 cm³/mol. The maximum Gasteiger partial charge on any atom is 0.410 e. The molecule has 0 N–H and O–H groups in total. The van der Waals surface area contributed by atoms with Gasteiger partial charge < -0.3 is 9.64 Å². The van der Waals surface area contributed by atoms with Crippen LogP contribution in [0.2, 0.25) is 0 Å². The summed E-state index contributed by atoms with van der Waals surface area (Å²) in [5.74, 6) is 0.372. The number of fused-ring (bicyclic) bond motifs is 1. The maximum absolute atomic E-state index is 12.2. The molecular formula is C17H24N2O3. The number of hydroxylamine groups is 2. The molecule has 2 atom stereocenters. The number of nitrogens with zero attached hydrogens (tertiary/aromatic N) is 2. The third kappa shape index (κ3) is 3.42. The summed E-state index contributed by atoms with van der Waals surface area (Å²) in [6.07, 6.45) is -0.221. The van der Waals surface area contributed by atoms with E-state index >= 15 is 0 Å². The number of carbonyl (C=O) groups excluding carboxylic acids is 1. The summed E-state index contributed by atoms with van der Waals surface area (Å²) < 4.78 is 5.47. The first-order chi connectivity index (χ1) is 10.4. The van der Waals surface area contributed by atoms with Crippen LogP contribution in [0.4, 0.5) is 4.79 Å². The molecule has 0 aromatic heterocycles. The lowest BCUT2D eigenvalue weighted by Gasteiger charge is -2.26. The molecular weight excluding hydrogens is 280 g/mol. The van der Waals surface area contributed by atoms with Crippen LogP contribution >= 0.6 is 0 Å². The van der Waals surface area contributed by atoms with E-state index in [9.17, 15) is 4.79 Å². The summed E-state index contributed by atoms with van der Waals surface area (Å²) in [7, 11) is 0. The zero-order valence-electron chi connectivity index (χ0n) is 13.5. The number of hydrogen-bond donors (Lipinski definition) is 0. The molecule has 1 aromatic carbocycles. The van der Waals surface area contributed by atoms with E-state index in [2.05, 4.69) is 12.1 Å².